The van der Waals surface area contributed by atoms with Gasteiger partial charge in [-0.3, -0.25) is 14.5 Å². The summed E-state index contributed by atoms with van der Waals surface area (Å²) in [6, 6.07) is 10.2. The Balaban J connectivity index is 1.76. The monoisotopic (exact) mass is 329 g/mol. The van der Waals surface area contributed by atoms with Crippen molar-refractivity contribution < 1.29 is 9.59 Å². The van der Waals surface area contributed by atoms with Gasteiger partial charge in [0.05, 0.1) is 0 Å². The lowest BCUT2D eigenvalue weighted by atomic mass is 10.1. The van der Waals surface area contributed by atoms with Crippen LogP contribution in [0.15, 0.2) is 36.4 Å². The van der Waals surface area contributed by atoms with Gasteiger partial charge in [-0.15, -0.1) is 0 Å². The molecule has 130 valence electrons. The van der Waals surface area contributed by atoms with Gasteiger partial charge in [0.25, 0.3) is 0 Å². The highest BCUT2D eigenvalue weighted by atomic mass is 16.2. The van der Waals surface area contributed by atoms with Gasteiger partial charge in [0.15, 0.2) is 0 Å². The summed E-state index contributed by atoms with van der Waals surface area (Å²) >= 11 is 0. The van der Waals surface area contributed by atoms with Crippen molar-refractivity contribution in [2.75, 3.05) is 32.7 Å². The summed E-state index contributed by atoms with van der Waals surface area (Å²) in [7, 11) is 0. The Morgan fingerprint density at radius 3 is 2.29 bits per heavy atom. The molecule has 0 spiro atoms. The van der Waals surface area contributed by atoms with Gasteiger partial charge in [-0.05, 0) is 26.3 Å². The van der Waals surface area contributed by atoms with Crippen molar-refractivity contribution in [3.8, 4) is 0 Å². The molecule has 24 heavy (non-hydrogen) atoms. The summed E-state index contributed by atoms with van der Waals surface area (Å²) in [4.78, 5) is 28.0. The van der Waals surface area contributed by atoms with Crippen LogP contribution in [0.25, 0.3) is 6.08 Å². The molecule has 1 N–H and O–H groups in total. The second kappa shape index (κ2) is 8.11. The van der Waals surface area contributed by atoms with E-state index in [1.165, 1.54) is 5.56 Å². The van der Waals surface area contributed by atoms with Crippen LogP contribution in [0.5, 0.6) is 0 Å². The highest BCUT2D eigenvalue weighted by molar-refractivity contribution is 6.35. The van der Waals surface area contributed by atoms with E-state index >= 15 is 0 Å². The van der Waals surface area contributed by atoms with Gasteiger partial charge in [0.2, 0.25) is 0 Å². The molecule has 0 aliphatic carbocycles. The van der Waals surface area contributed by atoms with Gasteiger partial charge >= 0.3 is 11.8 Å². The number of piperazine rings is 1. The van der Waals surface area contributed by atoms with Crippen molar-refractivity contribution in [1.82, 2.24) is 15.1 Å². The van der Waals surface area contributed by atoms with Crippen LogP contribution in [0, 0.1) is 0 Å². The standard InChI is InChI=1S/C19H27N3O2/c1-19(2,3)20-17(23)18(24)22-14-12-21(13-15-22)11-7-10-16-8-5-4-6-9-16/h4-10H,11-15H2,1-3H3,(H,20,23)/b10-7+. The molecule has 2 amide bonds. The van der Waals surface area contributed by atoms with Gasteiger partial charge in [0, 0.05) is 38.3 Å². The summed E-state index contributed by atoms with van der Waals surface area (Å²) in [5.74, 6) is -0.940. The Hall–Kier alpha value is -2.14. The highest BCUT2D eigenvalue weighted by Crippen LogP contribution is 2.06. The molecule has 1 aromatic rings. The van der Waals surface area contributed by atoms with Crippen LogP contribution in [-0.2, 0) is 9.59 Å². The largest absolute Gasteiger partial charge is 0.343 e. The number of carbonyl (C=O) groups is 2. The molecular weight excluding hydrogens is 302 g/mol. The molecule has 5 nitrogen and oxygen atoms in total. The third-order valence-electron chi connectivity index (χ3n) is 3.82. The molecule has 1 aromatic carbocycles. The van der Waals surface area contributed by atoms with Crippen molar-refractivity contribution in [3.63, 3.8) is 0 Å². The number of nitrogens with one attached hydrogen (secondary N) is 1. The molecule has 0 saturated carbocycles. The minimum Gasteiger partial charge on any atom is -0.343 e. The Labute approximate surface area is 144 Å². The van der Waals surface area contributed by atoms with Crippen molar-refractivity contribution >= 4 is 17.9 Å². The molecule has 1 aliphatic rings. The number of amides is 2. The maximum absolute atomic E-state index is 12.2. The van der Waals surface area contributed by atoms with E-state index in [1.807, 2.05) is 39.0 Å². The molecule has 2 rings (SSSR count). The van der Waals surface area contributed by atoms with Crippen LogP contribution < -0.4 is 5.32 Å². The molecule has 0 aromatic heterocycles. The van der Waals surface area contributed by atoms with Crippen LogP contribution in [0.3, 0.4) is 0 Å². The molecule has 1 fully saturated rings. The highest BCUT2D eigenvalue weighted by Gasteiger charge is 2.27. The van der Waals surface area contributed by atoms with E-state index in [0.717, 1.165) is 19.6 Å². The van der Waals surface area contributed by atoms with E-state index in [0.29, 0.717) is 13.1 Å². The Bertz CT molecular complexity index is 582. The average molecular weight is 329 g/mol. The topological polar surface area (TPSA) is 52.7 Å². The fraction of sp³-hybridized carbons (Fsp3) is 0.474. The lowest BCUT2D eigenvalue weighted by molar-refractivity contribution is -0.147. The Morgan fingerprint density at radius 2 is 1.71 bits per heavy atom. The zero-order valence-electron chi connectivity index (χ0n) is 14.8. The summed E-state index contributed by atoms with van der Waals surface area (Å²) in [6.45, 7) is 9.22. The third kappa shape index (κ3) is 5.81. The Kier molecular flexibility index (Phi) is 6.15. The maximum atomic E-state index is 12.2. The lowest BCUT2D eigenvalue weighted by Gasteiger charge is -2.34. The normalized spacial score (nSPS) is 16.4. The van der Waals surface area contributed by atoms with E-state index in [1.54, 1.807) is 4.90 Å². The first-order valence-corrected chi connectivity index (χ1v) is 8.40. The average Bonchev–Trinajstić information content (AvgIpc) is 2.54. The van der Waals surface area contributed by atoms with Crippen LogP contribution >= 0.6 is 0 Å². The second-order valence-electron chi connectivity index (χ2n) is 7.11. The molecule has 5 heteroatoms. The smallest absolute Gasteiger partial charge is 0.311 e. The van der Waals surface area contributed by atoms with E-state index in [4.69, 9.17) is 0 Å². The lowest BCUT2D eigenvalue weighted by Crippen LogP contribution is -2.54. The van der Waals surface area contributed by atoms with Crippen LogP contribution in [-0.4, -0.2) is 59.9 Å². The van der Waals surface area contributed by atoms with E-state index < -0.39 is 17.4 Å². The van der Waals surface area contributed by atoms with Crippen molar-refractivity contribution in [2.45, 2.75) is 26.3 Å². The van der Waals surface area contributed by atoms with Gasteiger partial charge < -0.3 is 10.2 Å². The molecule has 0 unspecified atom stereocenters. The van der Waals surface area contributed by atoms with Crippen LogP contribution in [0.1, 0.15) is 26.3 Å². The number of hydrogen-bond donors (Lipinski definition) is 1. The molecule has 1 aliphatic heterocycles. The zero-order valence-corrected chi connectivity index (χ0v) is 14.8. The van der Waals surface area contributed by atoms with Crippen molar-refractivity contribution in [1.29, 1.82) is 0 Å². The minimum absolute atomic E-state index is 0.392. The molecule has 1 heterocycles. The summed E-state index contributed by atoms with van der Waals surface area (Å²) in [5.41, 5.74) is 0.793. The fourth-order valence-corrected chi connectivity index (χ4v) is 2.57. The van der Waals surface area contributed by atoms with Gasteiger partial charge in [-0.2, -0.15) is 0 Å². The number of rotatable bonds is 3. The first-order chi connectivity index (χ1) is 11.3. The van der Waals surface area contributed by atoms with Crippen LogP contribution in [0.4, 0.5) is 0 Å². The molecule has 0 bridgehead atoms. The van der Waals surface area contributed by atoms with Crippen molar-refractivity contribution in [2.24, 2.45) is 0 Å². The van der Waals surface area contributed by atoms with Gasteiger partial charge in [0.1, 0.15) is 0 Å². The summed E-state index contributed by atoms with van der Waals surface area (Å²) in [5, 5.41) is 2.72. The minimum atomic E-state index is -0.514. The second-order valence-corrected chi connectivity index (χ2v) is 7.11. The predicted molar refractivity (Wildman–Crippen MR) is 96.4 cm³/mol. The van der Waals surface area contributed by atoms with Gasteiger partial charge in [-0.1, -0.05) is 42.5 Å². The first-order valence-electron chi connectivity index (χ1n) is 8.40. The fourth-order valence-electron chi connectivity index (χ4n) is 2.57. The van der Waals surface area contributed by atoms with E-state index in [-0.39, 0.29) is 0 Å². The van der Waals surface area contributed by atoms with Crippen LogP contribution in [0.2, 0.25) is 0 Å². The molecule has 1 saturated heterocycles. The van der Waals surface area contributed by atoms with E-state index in [2.05, 4.69) is 34.5 Å². The maximum Gasteiger partial charge on any atom is 0.311 e. The molecular formula is C19H27N3O2. The zero-order chi connectivity index (χ0) is 17.6. The summed E-state index contributed by atoms with van der Waals surface area (Å²) in [6.07, 6.45) is 4.24. The molecule has 0 radical (unpaired) electrons. The summed E-state index contributed by atoms with van der Waals surface area (Å²) < 4.78 is 0. The number of nitrogens with zero attached hydrogens (tertiary/aromatic N) is 2. The Morgan fingerprint density at radius 1 is 1.08 bits per heavy atom. The number of benzene rings is 1. The SMILES string of the molecule is CC(C)(C)NC(=O)C(=O)N1CCN(C/C=C/c2ccccc2)CC1. The molecule has 0 atom stereocenters. The third-order valence-corrected chi connectivity index (χ3v) is 3.82. The van der Waals surface area contributed by atoms with Gasteiger partial charge in [-0.25, -0.2) is 0 Å². The number of carbonyl (C=O) groups excluding carboxylic acids is 2. The quantitative estimate of drug-likeness (QED) is 0.860. The van der Waals surface area contributed by atoms with Crippen molar-refractivity contribution in [3.05, 3.63) is 42.0 Å². The first kappa shape index (κ1) is 18.2. The number of hydrogen-bond acceptors (Lipinski definition) is 3. The predicted octanol–water partition coefficient (Wildman–Crippen LogP) is 1.76. The van der Waals surface area contributed by atoms with E-state index in [9.17, 15) is 9.59 Å².